The van der Waals surface area contributed by atoms with Crippen LogP contribution in [-0.2, 0) is 4.79 Å². The van der Waals surface area contributed by atoms with E-state index in [0.717, 1.165) is 48.3 Å². The van der Waals surface area contributed by atoms with Gasteiger partial charge in [0.1, 0.15) is 5.75 Å². The minimum Gasteiger partial charge on any atom is -0.497 e. The van der Waals surface area contributed by atoms with E-state index in [1.807, 2.05) is 24.3 Å². The zero-order chi connectivity index (χ0) is 23.6. The van der Waals surface area contributed by atoms with Gasteiger partial charge >= 0.3 is 0 Å². The summed E-state index contributed by atoms with van der Waals surface area (Å²) in [4.78, 5) is 20.9. The molecule has 3 rings (SSSR count). The van der Waals surface area contributed by atoms with E-state index in [1.54, 1.807) is 18.8 Å². The fraction of sp³-hybridized carbons (Fsp3) is 0.600. The molecule has 0 radical (unpaired) electrons. The molecule has 2 aromatic rings. The summed E-state index contributed by atoms with van der Waals surface area (Å²) in [5.74, 6) is 0.359. The third kappa shape index (κ3) is 7.11. The van der Waals surface area contributed by atoms with Crippen LogP contribution in [0.25, 0.3) is 10.9 Å². The number of aliphatic hydroxyl groups is 1. The zero-order valence-corrected chi connectivity index (χ0v) is 19.9. The Kier molecular flexibility index (Phi) is 9.87. The Morgan fingerprint density at radius 3 is 2.82 bits per heavy atom. The molecule has 8 nitrogen and oxygen atoms in total. The summed E-state index contributed by atoms with van der Waals surface area (Å²) in [5, 5.41) is 21.0. The first-order valence-electron chi connectivity index (χ1n) is 12.1. The van der Waals surface area contributed by atoms with Gasteiger partial charge in [-0.2, -0.15) is 0 Å². The van der Waals surface area contributed by atoms with Crippen molar-refractivity contribution in [1.29, 1.82) is 0 Å². The predicted molar refractivity (Wildman–Crippen MR) is 128 cm³/mol. The molecular weight excluding hydrogens is 420 g/mol. The van der Waals surface area contributed by atoms with Crippen molar-refractivity contribution in [3.05, 3.63) is 36.0 Å². The zero-order valence-electron chi connectivity index (χ0n) is 19.9. The number of aliphatic hydroxyl groups excluding tert-OH is 1. The van der Waals surface area contributed by atoms with Crippen LogP contribution in [0.3, 0.4) is 0 Å². The van der Waals surface area contributed by atoms with Gasteiger partial charge in [-0.3, -0.25) is 24.8 Å². The normalized spacial score (nSPS) is 18.4. The average Bonchev–Trinajstić information content (AvgIpc) is 2.84. The molecule has 2 heterocycles. The van der Waals surface area contributed by atoms with Crippen LogP contribution in [0.2, 0.25) is 0 Å². The number of benzene rings is 1. The molecule has 182 valence electrons. The van der Waals surface area contributed by atoms with E-state index in [9.17, 15) is 9.90 Å². The summed E-state index contributed by atoms with van der Waals surface area (Å²) in [5.41, 5.74) is 3.42. The number of carbonyl (C=O) groups excluding carboxylic acids is 1. The lowest BCUT2D eigenvalue weighted by Crippen LogP contribution is -2.55. The van der Waals surface area contributed by atoms with Crippen LogP contribution in [0.5, 0.6) is 5.75 Å². The second-order valence-electron chi connectivity index (χ2n) is 8.90. The number of fused-ring (bicyclic) bond motifs is 1. The summed E-state index contributed by atoms with van der Waals surface area (Å²) < 4.78 is 5.35. The maximum atomic E-state index is 11.9. The van der Waals surface area contributed by atoms with Crippen LogP contribution in [0.15, 0.2) is 30.5 Å². The number of carbonyl (C=O) groups is 1. The number of hydrogen-bond acceptors (Lipinski definition) is 7. The van der Waals surface area contributed by atoms with Crippen LogP contribution in [0.4, 0.5) is 0 Å². The number of rotatable bonds is 12. The Balaban J connectivity index is 1.65. The number of hydrogen-bond donors (Lipinski definition) is 3. The predicted octanol–water partition coefficient (Wildman–Crippen LogP) is 3.13. The van der Waals surface area contributed by atoms with Gasteiger partial charge in [0.2, 0.25) is 5.91 Å². The second kappa shape index (κ2) is 12.8. The van der Waals surface area contributed by atoms with Gasteiger partial charge in [-0.05, 0) is 42.8 Å². The Morgan fingerprint density at radius 1 is 1.24 bits per heavy atom. The summed E-state index contributed by atoms with van der Waals surface area (Å²) in [7, 11) is 1.62. The van der Waals surface area contributed by atoms with Gasteiger partial charge in [-0.1, -0.05) is 32.6 Å². The Hall–Kier alpha value is -2.26. The van der Waals surface area contributed by atoms with E-state index in [-0.39, 0.29) is 18.4 Å². The van der Waals surface area contributed by atoms with E-state index in [4.69, 9.17) is 9.94 Å². The average molecular weight is 459 g/mol. The highest BCUT2D eigenvalue weighted by Gasteiger charge is 2.29. The van der Waals surface area contributed by atoms with Crippen molar-refractivity contribution in [2.24, 2.45) is 0 Å². The van der Waals surface area contributed by atoms with E-state index in [1.165, 1.54) is 25.7 Å². The number of hydroxylamine groups is 1. The number of nitrogens with zero attached hydrogens (tertiary/aromatic N) is 3. The van der Waals surface area contributed by atoms with Gasteiger partial charge in [0.25, 0.3) is 0 Å². The van der Waals surface area contributed by atoms with E-state index in [0.29, 0.717) is 13.1 Å². The molecule has 0 spiro atoms. The Morgan fingerprint density at radius 2 is 2.06 bits per heavy atom. The molecule has 0 aliphatic carbocycles. The largest absolute Gasteiger partial charge is 0.497 e. The van der Waals surface area contributed by atoms with Crippen molar-refractivity contribution in [3.8, 4) is 5.75 Å². The highest BCUT2D eigenvalue weighted by molar-refractivity contribution is 5.83. The van der Waals surface area contributed by atoms with Crippen LogP contribution < -0.4 is 10.2 Å². The molecule has 0 bridgehead atoms. The van der Waals surface area contributed by atoms with E-state index >= 15 is 0 Å². The molecule has 3 N–H and O–H groups in total. The SMILES string of the molecule is CCCCCCCN1CCN(C[C@H](O)c2ccnc3ccc(OC)cc23)C[C@@H]1CC(=O)NO. The first kappa shape index (κ1) is 25.4. The molecule has 0 saturated carbocycles. The number of unbranched alkanes of at least 4 members (excludes halogenated alkanes) is 4. The molecule has 2 atom stereocenters. The molecule has 1 aromatic carbocycles. The number of piperazine rings is 1. The number of methoxy groups -OCH3 is 1. The quantitative estimate of drug-likeness (QED) is 0.255. The number of β-amino-alcohol motifs (C(OH)–C–C–N with tert-alkyl or cyclic N) is 1. The molecular formula is C25H38N4O4. The maximum absolute atomic E-state index is 11.9. The molecule has 33 heavy (non-hydrogen) atoms. The Labute approximate surface area is 196 Å². The fourth-order valence-corrected chi connectivity index (χ4v) is 4.70. The van der Waals surface area contributed by atoms with E-state index < -0.39 is 6.10 Å². The summed E-state index contributed by atoms with van der Waals surface area (Å²) in [6, 6.07) is 7.54. The van der Waals surface area contributed by atoms with E-state index in [2.05, 4.69) is 21.7 Å². The van der Waals surface area contributed by atoms with Crippen molar-refractivity contribution in [2.45, 2.75) is 57.6 Å². The highest BCUT2D eigenvalue weighted by Crippen LogP contribution is 2.28. The maximum Gasteiger partial charge on any atom is 0.244 e. The molecule has 1 aliphatic heterocycles. The van der Waals surface area contributed by atoms with Crippen LogP contribution in [0, 0.1) is 0 Å². The second-order valence-corrected chi connectivity index (χ2v) is 8.90. The summed E-state index contributed by atoms with van der Waals surface area (Å²) >= 11 is 0. The summed E-state index contributed by atoms with van der Waals surface area (Å²) in [6.07, 6.45) is 7.32. The number of amides is 1. The van der Waals surface area contributed by atoms with Gasteiger partial charge in [0.15, 0.2) is 0 Å². The van der Waals surface area contributed by atoms with Crippen LogP contribution in [0.1, 0.15) is 57.1 Å². The third-order valence-electron chi connectivity index (χ3n) is 6.56. The van der Waals surface area contributed by atoms with Crippen molar-refractivity contribution in [3.63, 3.8) is 0 Å². The number of ether oxygens (including phenoxy) is 1. The minimum absolute atomic E-state index is 0.0125. The highest BCUT2D eigenvalue weighted by atomic mass is 16.5. The molecule has 1 saturated heterocycles. The number of aromatic nitrogens is 1. The van der Waals surface area contributed by atoms with Gasteiger partial charge in [0.05, 0.1) is 18.7 Å². The standard InChI is InChI=1S/C25H38N4O4/c1-3-4-5-6-7-12-29-14-13-28(17-19(29)15-25(31)27-32)18-24(30)21-10-11-26-23-9-8-20(33-2)16-22(21)23/h8-11,16,19,24,30,32H,3-7,12-15,17-18H2,1-2H3,(H,27,31)/t19-,24-/m0/s1. The lowest BCUT2D eigenvalue weighted by Gasteiger charge is -2.42. The lowest BCUT2D eigenvalue weighted by molar-refractivity contribution is -0.131. The van der Waals surface area contributed by atoms with Gasteiger partial charge < -0.3 is 9.84 Å². The van der Waals surface area contributed by atoms with Crippen molar-refractivity contribution >= 4 is 16.8 Å². The Bertz CT molecular complexity index is 894. The monoisotopic (exact) mass is 458 g/mol. The fourth-order valence-electron chi connectivity index (χ4n) is 4.70. The minimum atomic E-state index is -0.685. The topological polar surface area (TPSA) is 98.2 Å². The van der Waals surface area contributed by atoms with Crippen molar-refractivity contribution in [2.75, 3.05) is 39.8 Å². The molecule has 1 aromatic heterocycles. The molecule has 1 aliphatic rings. The number of nitrogens with one attached hydrogen (secondary N) is 1. The first-order chi connectivity index (χ1) is 16.0. The van der Waals surface area contributed by atoms with Crippen LogP contribution in [-0.4, -0.2) is 76.9 Å². The van der Waals surface area contributed by atoms with Crippen molar-refractivity contribution in [1.82, 2.24) is 20.3 Å². The first-order valence-corrected chi connectivity index (χ1v) is 12.1. The molecule has 8 heteroatoms. The number of pyridine rings is 1. The summed E-state index contributed by atoms with van der Waals surface area (Å²) in [6.45, 7) is 5.98. The van der Waals surface area contributed by atoms with Gasteiger partial charge in [0, 0.05) is 50.2 Å². The molecule has 1 fully saturated rings. The third-order valence-corrected chi connectivity index (χ3v) is 6.56. The molecule has 1 amide bonds. The van der Waals surface area contributed by atoms with Gasteiger partial charge in [-0.15, -0.1) is 0 Å². The van der Waals surface area contributed by atoms with Crippen molar-refractivity contribution < 1.29 is 19.8 Å². The molecule has 0 unspecified atom stereocenters. The van der Waals surface area contributed by atoms with Crippen LogP contribution >= 0.6 is 0 Å². The lowest BCUT2D eigenvalue weighted by atomic mass is 10.0. The smallest absolute Gasteiger partial charge is 0.244 e. The van der Waals surface area contributed by atoms with Gasteiger partial charge in [-0.25, -0.2) is 5.48 Å².